The molecule has 4 heteroatoms. The van der Waals surface area contributed by atoms with Gasteiger partial charge >= 0.3 is 0 Å². The number of methoxy groups -OCH3 is 1. The molecule has 0 radical (unpaired) electrons. The molecule has 1 aliphatic heterocycles. The number of nitrogens with zero attached hydrogens (tertiary/aromatic N) is 2. The Hall–Kier alpha value is -0.450. The minimum atomic E-state index is -0.476. The minimum Gasteiger partial charge on any atom is -0.385 e. The summed E-state index contributed by atoms with van der Waals surface area (Å²) < 4.78 is 5.40. The van der Waals surface area contributed by atoms with Crippen molar-refractivity contribution in [2.24, 2.45) is 21.7 Å². The van der Waals surface area contributed by atoms with Crippen LogP contribution in [0.1, 0.15) is 89.5 Å². The topological polar surface area (TPSA) is 32.8 Å². The summed E-state index contributed by atoms with van der Waals surface area (Å²) in [5.41, 5.74) is -1.18. The predicted molar refractivity (Wildman–Crippen MR) is 129 cm³/mol. The normalized spacial score (nSPS) is 18.9. The van der Waals surface area contributed by atoms with Gasteiger partial charge in [-0.3, -0.25) is 14.6 Å². The average Bonchev–Trinajstić information content (AvgIpc) is 2.65. The molecule has 0 aliphatic carbocycles. The molecule has 1 heterocycles. The first kappa shape index (κ1) is 27.6. The van der Waals surface area contributed by atoms with E-state index < -0.39 is 11.0 Å². The summed E-state index contributed by atoms with van der Waals surface area (Å²) in [6.45, 7) is 31.8. The van der Waals surface area contributed by atoms with Gasteiger partial charge in [0.15, 0.2) is 5.78 Å². The molecule has 178 valence electrons. The summed E-state index contributed by atoms with van der Waals surface area (Å²) in [5, 5.41) is 0. The lowest BCUT2D eigenvalue weighted by Gasteiger charge is -2.60. The number of piperazine rings is 1. The van der Waals surface area contributed by atoms with Crippen LogP contribution in [0.2, 0.25) is 0 Å². The molecular weight excluding hydrogens is 372 g/mol. The highest BCUT2D eigenvalue weighted by atomic mass is 16.5. The fraction of sp³-hybridized carbons (Fsp3) is 0.962. The van der Waals surface area contributed by atoms with Gasteiger partial charge in [-0.25, -0.2) is 0 Å². The third-order valence-electron chi connectivity index (χ3n) is 9.71. The lowest BCUT2D eigenvalue weighted by atomic mass is 9.45. The molecule has 30 heavy (non-hydrogen) atoms. The standard InChI is InChI=1S/C26H52N2O2/c1-20(2)27-15-17-28(18-16-27)24(7,8)21(29)23(5,6)26(11,12)25(9,10)22(3,4)14-19-30-13/h20H,14-19H2,1-13H3. The quantitative estimate of drug-likeness (QED) is 0.463. The van der Waals surface area contributed by atoms with E-state index >= 15 is 0 Å². The van der Waals surface area contributed by atoms with Crippen LogP contribution in [0, 0.1) is 21.7 Å². The monoisotopic (exact) mass is 424 g/mol. The maximum Gasteiger partial charge on any atom is 0.158 e. The third-order valence-corrected chi connectivity index (χ3v) is 9.71. The third kappa shape index (κ3) is 4.81. The lowest BCUT2D eigenvalue weighted by molar-refractivity contribution is -0.161. The zero-order valence-electron chi connectivity index (χ0n) is 22.5. The van der Waals surface area contributed by atoms with Crippen LogP contribution >= 0.6 is 0 Å². The fourth-order valence-electron chi connectivity index (χ4n) is 5.29. The molecule has 1 fully saturated rings. The molecule has 0 aromatic rings. The van der Waals surface area contributed by atoms with E-state index in [1.54, 1.807) is 7.11 Å². The van der Waals surface area contributed by atoms with Crippen molar-refractivity contribution in [1.29, 1.82) is 0 Å². The highest BCUT2D eigenvalue weighted by Gasteiger charge is 2.59. The molecule has 0 bridgehead atoms. The number of ether oxygens (including phenoxy) is 1. The fourth-order valence-corrected chi connectivity index (χ4v) is 5.29. The van der Waals surface area contributed by atoms with Crippen molar-refractivity contribution in [1.82, 2.24) is 9.80 Å². The number of carbonyl (C=O) groups excluding carboxylic acids is 1. The van der Waals surface area contributed by atoms with Gasteiger partial charge in [0, 0.05) is 51.4 Å². The Morgan fingerprint density at radius 2 is 1.30 bits per heavy atom. The van der Waals surface area contributed by atoms with Crippen molar-refractivity contribution in [2.45, 2.75) is 101 Å². The SMILES string of the molecule is COCCC(C)(C)C(C)(C)C(C)(C)C(C)(C)C(=O)C(C)(C)N1CCN(C(C)C)CC1. The largest absolute Gasteiger partial charge is 0.385 e. The maximum atomic E-state index is 14.2. The second-order valence-electron chi connectivity index (χ2n) is 12.5. The molecule has 1 aliphatic rings. The predicted octanol–water partition coefficient (Wildman–Crippen LogP) is 5.50. The van der Waals surface area contributed by atoms with Crippen molar-refractivity contribution in [2.75, 3.05) is 39.9 Å². The Labute approximate surface area is 188 Å². The molecule has 1 saturated heterocycles. The van der Waals surface area contributed by atoms with Crippen LogP contribution in [-0.4, -0.2) is 67.1 Å². The average molecular weight is 425 g/mol. The molecule has 0 unspecified atom stereocenters. The first-order valence-electron chi connectivity index (χ1n) is 11.9. The minimum absolute atomic E-state index is 0.0388. The van der Waals surface area contributed by atoms with E-state index in [2.05, 4.69) is 92.9 Å². The Balaban J connectivity index is 3.16. The Bertz CT molecular complexity index is 580. The summed E-state index contributed by atoms with van der Waals surface area (Å²) in [4.78, 5) is 19.1. The molecule has 0 N–H and O–H groups in total. The van der Waals surface area contributed by atoms with Crippen LogP contribution in [0.4, 0.5) is 0 Å². The first-order valence-corrected chi connectivity index (χ1v) is 11.9. The second-order valence-corrected chi connectivity index (χ2v) is 12.5. The Morgan fingerprint density at radius 3 is 1.70 bits per heavy atom. The summed E-state index contributed by atoms with van der Waals surface area (Å²) in [7, 11) is 1.77. The van der Waals surface area contributed by atoms with Gasteiger partial charge in [-0.1, -0.05) is 55.4 Å². The molecule has 0 aromatic heterocycles. The molecule has 0 aromatic carbocycles. The van der Waals surface area contributed by atoms with Gasteiger partial charge in [0.25, 0.3) is 0 Å². The number of hydrogen-bond acceptors (Lipinski definition) is 4. The van der Waals surface area contributed by atoms with E-state index in [0.717, 1.165) is 39.2 Å². The highest BCUT2D eigenvalue weighted by Crippen LogP contribution is 2.61. The van der Waals surface area contributed by atoms with Crippen LogP contribution in [0.5, 0.6) is 0 Å². The molecule has 0 atom stereocenters. The summed E-state index contributed by atoms with van der Waals surface area (Å²) in [6, 6.07) is 0.566. The van der Waals surface area contributed by atoms with E-state index in [0.29, 0.717) is 11.8 Å². The van der Waals surface area contributed by atoms with Gasteiger partial charge in [0.05, 0.1) is 5.54 Å². The van der Waals surface area contributed by atoms with Crippen molar-refractivity contribution in [3.05, 3.63) is 0 Å². The van der Waals surface area contributed by atoms with Crippen LogP contribution in [-0.2, 0) is 9.53 Å². The van der Waals surface area contributed by atoms with Gasteiger partial charge in [-0.15, -0.1) is 0 Å². The summed E-state index contributed by atoms with van der Waals surface area (Å²) >= 11 is 0. The van der Waals surface area contributed by atoms with Gasteiger partial charge in [-0.05, 0) is 50.4 Å². The van der Waals surface area contributed by atoms with Crippen LogP contribution < -0.4 is 0 Å². The zero-order valence-corrected chi connectivity index (χ0v) is 22.5. The smallest absolute Gasteiger partial charge is 0.158 e. The molecule has 0 saturated carbocycles. The lowest BCUT2D eigenvalue weighted by Crippen LogP contribution is -2.64. The summed E-state index contributed by atoms with van der Waals surface area (Å²) in [5.74, 6) is 0.355. The van der Waals surface area contributed by atoms with Crippen molar-refractivity contribution >= 4 is 5.78 Å². The van der Waals surface area contributed by atoms with Crippen molar-refractivity contribution in [3.63, 3.8) is 0 Å². The van der Waals surface area contributed by atoms with E-state index in [9.17, 15) is 4.79 Å². The zero-order chi connectivity index (χ0) is 23.8. The summed E-state index contributed by atoms with van der Waals surface area (Å²) in [6.07, 6.45) is 0.977. The van der Waals surface area contributed by atoms with E-state index in [-0.39, 0.29) is 16.2 Å². The molecule has 0 spiro atoms. The molecular formula is C26H52N2O2. The number of rotatable bonds is 10. The van der Waals surface area contributed by atoms with Gasteiger partial charge in [-0.2, -0.15) is 0 Å². The van der Waals surface area contributed by atoms with Crippen molar-refractivity contribution < 1.29 is 9.53 Å². The van der Waals surface area contributed by atoms with Crippen LogP contribution in [0.25, 0.3) is 0 Å². The van der Waals surface area contributed by atoms with E-state index in [1.807, 2.05) is 0 Å². The number of ketones is 1. The van der Waals surface area contributed by atoms with Gasteiger partial charge in [0.1, 0.15) is 0 Å². The molecule has 1 rings (SSSR count). The number of hydrogen-bond donors (Lipinski definition) is 0. The van der Waals surface area contributed by atoms with E-state index in [4.69, 9.17) is 4.74 Å². The Kier molecular flexibility index (Phi) is 8.45. The second kappa shape index (κ2) is 9.19. The van der Waals surface area contributed by atoms with Gasteiger partial charge < -0.3 is 4.74 Å². The van der Waals surface area contributed by atoms with E-state index in [1.165, 1.54) is 0 Å². The number of Topliss-reactive ketones (excluding diaryl/α,β-unsaturated/α-hetero) is 1. The Morgan fingerprint density at radius 1 is 0.833 bits per heavy atom. The van der Waals surface area contributed by atoms with Crippen molar-refractivity contribution in [3.8, 4) is 0 Å². The molecule has 0 amide bonds. The van der Waals surface area contributed by atoms with Gasteiger partial charge in [0.2, 0.25) is 0 Å². The molecule has 4 nitrogen and oxygen atoms in total. The van der Waals surface area contributed by atoms with Crippen LogP contribution in [0.3, 0.4) is 0 Å². The first-order chi connectivity index (χ1) is 13.4. The highest BCUT2D eigenvalue weighted by molar-refractivity contribution is 5.93. The maximum absolute atomic E-state index is 14.2. The number of carbonyl (C=O) groups is 1. The van der Waals surface area contributed by atoms with Crippen LogP contribution in [0.15, 0.2) is 0 Å².